The summed E-state index contributed by atoms with van der Waals surface area (Å²) in [4.78, 5) is 13.5. The first-order chi connectivity index (χ1) is 13.1. The van der Waals surface area contributed by atoms with Gasteiger partial charge >= 0.3 is 0 Å². The van der Waals surface area contributed by atoms with Gasteiger partial charge in [-0.1, -0.05) is 6.42 Å². The summed E-state index contributed by atoms with van der Waals surface area (Å²) in [7, 11) is 1.44. The molecule has 0 aromatic heterocycles. The Labute approximate surface area is 159 Å². The highest BCUT2D eigenvalue weighted by molar-refractivity contribution is 5.53. The van der Waals surface area contributed by atoms with Crippen LogP contribution in [0.2, 0.25) is 0 Å². The van der Waals surface area contributed by atoms with Gasteiger partial charge in [0, 0.05) is 37.4 Å². The fourth-order valence-corrected chi connectivity index (χ4v) is 4.23. The zero-order chi connectivity index (χ0) is 19.3. The third-order valence-electron chi connectivity index (χ3n) is 5.80. The summed E-state index contributed by atoms with van der Waals surface area (Å²) in [6, 6.07) is 2.70. The third-order valence-corrected chi connectivity index (χ3v) is 5.80. The van der Waals surface area contributed by atoms with Crippen LogP contribution in [0.3, 0.4) is 0 Å². The number of hydrogen-bond donors (Lipinski definition) is 2. The molecule has 0 bridgehead atoms. The van der Waals surface area contributed by atoms with Crippen LogP contribution in [0, 0.1) is 10.1 Å². The number of piperidine rings is 1. The molecule has 8 heteroatoms. The summed E-state index contributed by atoms with van der Waals surface area (Å²) < 4.78 is 10.7. The second-order valence-corrected chi connectivity index (χ2v) is 7.40. The molecule has 8 nitrogen and oxygen atoms in total. The molecule has 0 amide bonds. The van der Waals surface area contributed by atoms with Crippen LogP contribution in [0.5, 0.6) is 11.5 Å². The van der Waals surface area contributed by atoms with E-state index in [2.05, 4.69) is 10.2 Å². The number of phenols is 1. The Bertz CT molecular complexity index is 655. The fraction of sp³-hybridized carbons (Fsp3) is 0.684. The smallest absolute Gasteiger partial charge is 0.277 e. The van der Waals surface area contributed by atoms with Crippen molar-refractivity contribution < 1.29 is 19.5 Å². The van der Waals surface area contributed by atoms with Gasteiger partial charge in [-0.3, -0.25) is 15.0 Å². The molecule has 0 saturated carbocycles. The molecule has 1 aromatic carbocycles. The standard InChI is InChI=1S/C19H29N3O5/c1-26-18-11-15(16(22(24)25)12-17(18)23)13-20-14-19(5-9-27-10-6-19)21-7-3-2-4-8-21/h11-12,20,23H,2-10,13-14H2,1H3. The molecule has 3 rings (SSSR count). The zero-order valence-corrected chi connectivity index (χ0v) is 15.9. The predicted molar refractivity (Wildman–Crippen MR) is 101 cm³/mol. The molecule has 0 unspecified atom stereocenters. The third kappa shape index (κ3) is 4.51. The minimum Gasteiger partial charge on any atom is -0.504 e. The van der Waals surface area contributed by atoms with E-state index in [0.717, 1.165) is 51.8 Å². The fourth-order valence-electron chi connectivity index (χ4n) is 4.23. The van der Waals surface area contributed by atoms with E-state index in [9.17, 15) is 15.2 Å². The Balaban J connectivity index is 1.72. The van der Waals surface area contributed by atoms with E-state index < -0.39 is 4.92 Å². The van der Waals surface area contributed by atoms with Gasteiger partial charge in [0.2, 0.25) is 0 Å². The lowest BCUT2D eigenvalue weighted by atomic mass is 9.86. The summed E-state index contributed by atoms with van der Waals surface area (Å²) in [5.74, 6) is 0.0244. The van der Waals surface area contributed by atoms with E-state index in [-0.39, 0.29) is 22.7 Å². The number of rotatable bonds is 7. The van der Waals surface area contributed by atoms with E-state index >= 15 is 0 Å². The van der Waals surface area contributed by atoms with Crippen molar-refractivity contribution in [3.63, 3.8) is 0 Å². The van der Waals surface area contributed by atoms with Crippen LogP contribution in [0.4, 0.5) is 5.69 Å². The molecular weight excluding hydrogens is 350 g/mol. The molecule has 0 aliphatic carbocycles. The number of ether oxygens (including phenoxy) is 2. The van der Waals surface area contributed by atoms with Gasteiger partial charge in [0.05, 0.1) is 18.1 Å². The molecule has 0 spiro atoms. The highest BCUT2D eigenvalue weighted by atomic mass is 16.6. The number of methoxy groups -OCH3 is 1. The average Bonchev–Trinajstić information content (AvgIpc) is 2.70. The lowest BCUT2D eigenvalue weighted by Gasteiger charge is -2.48. The topological polar surface area (TPSA) is 97.1 Å². The molecule has 0 radical (unpaired) electrons. The van der Waals surface area contributed by atoms with Crippen LogP contribution < -0.4 is 10.1 Å². The predicted octanol–water partition coefficient (Wildman–Crippen LogP) is 2.43. The van der Waals surface area contributed by atoms with Gasteiger partial charge < -0.3 is 19.9 Å². The normalized spacial score (nSPS) is 20.3. The van der Waals surface area contributed by atoms with E-state index in [1.54, 1.807) is 0 Å². The van der Waals surface area contributed by atoms with E-state index in [1.165, 1.54) is 32.4 Å². The zero-order valence-electron chi connectivity index (χ0n) is 15.9. The van der Waals surface area contributed by atoms with Crippen LogP contribution in [-0.2, 0) is 11.3 Å². The second-order valence-electron chi connectivity index (χ2n) is 7.40. The number of phenolic OH excluding ortho intramolecular Hbond substituents is 1. The van der Waals surface area contributed by atoms with Crippen molar-refractivity contribution in [2.24, 2.45) is 0 Å². The summed E-state index contributed by atoms with van der Waals surface area (Å²) in [5, 5.41) is 24.6. The van der Waals surface area contributed by atoms with Crippen LogP contribution in [0.1, 0.15) is 37.7 Å². The summed E-state index contributed by atoms with van der Waals surface area (Å²) >= 11 is 0. The number of nitrogens with zero attached hydrogens (tertiary/aromatic N) is 2. The van der Waals surface area contributed by atoms with E-state index in [0.29, 0.717) is 12.1 Å². The van der Waals surface area contributed by atoms with Crippen molar-refractivity contribution in [2.45, 2.75) is 44.2 Å². The number of nitro benzene ring substituents is 1. The first-order valence-corrected chi connectivity index (χ1v) is 9.63. The van der Waals surface area contributed by atoms with Crippen molar-refractivity contribution in [1.82, 2.24) is 10.2 Å². The molecule has 2 saturated heterocycles. The van der Waals surface area contributed by atoms with Gasteiger partial charge in [0.25, 0.3) is 5.69 Å². The van der Waals surface area contributed by atoms with Crippen molar-refractivity contribution in [3.05, 3.63) is 27.8 Å². The number of likely N-dealkylation sites (tertiary alicyclic amines) is 1. The minimum absolute atomic E-state index is 0.0501. The van der Waals surface area contributed by atoms with Crippen LogP contribution in [0.25, 0.3) is 0 Å². The number of nitrogens with one attached hydrogen (secondary N) is 1. The van der Waals surface area contributed by atoms with E-state index in [4.69, 9.17) is 9.47 Å². The number of hydrogen-bond acceptors (Lipinski definition) is 7. The Kier molecular flexibility index (Phi) is 6.51. The Morgan fingerprint density at radius 2 is 2.00 bits per heavy atom. The molecule has 2 aliphatic heterocycles. The van der Waals surface area contributed by atoms with Crippen LogP contribution in [-0.4, -0.2) is 60.4 Å². The minimum atomic E-state index is -0.467. The molecule has 2 fully saturated rings. The van der Waals surface area contributed by atoms with Gasteiger partial charge in [-0.2, -0.15) is 0 Å². The maximum Gasteiger partial charge on any atom is 0.277 e. The SMILES string of the molecule is COc1cc(CNCC2(N3CCCCC3)CCOCC2)c([N+](=O)[O-])cc1O. The largest absolute Gasteiger partial charge is 0.504 e. The Hall–Kier alpha value is -1.90. The second kappa shape index (κ2) is 8.86. The first-order valence-electron chi connectivity index (χ1n) is 9.63. The van der Waals surface area contributed by atoms with Crippen LogP contribution in [0.15, 0.2) is 12.1 Å². The highest BCUT2D eigenvalue weighted by Crippen LogP contribution is 2.34. The molecule has 0 atom stereocenters. The van der Waals surface area contributed by atoms with Gasteiger partial charge in [-0.15, -0.1) is 0 Å². The summed E-state index contributed by atoms with van der Waals surface area (Å²) in [6.45, 7) is 4.83. The van der Waals surface area contributed by atoms with E-state index in [1.807, 2.05) is 0 Å². The van der Waals surface area contributed by atoms with Gasteiger partial charge in [-0.05, 0) is 44.8 Å². The molecule has 150 valence electrons. The Morgan fingerprint density at radius 3 is 2.63 bits per heavy atom. The summed E-state index contributed by atoms with van der Waals surface area (Å²) in [5.41, 5.74) is 0.462. The summed E-state index contributed by atoms with van der Waals surface area (Å²) in [6.07, 6.45) is 5.68. The van der Waals surface area contributed by atoms with Crippen LogP contribution >= 0.6 is 0 Å². The van der Waals surface area contributed by atoms with Crippen molar-refractivity contribution >= 4 is 5.69 Å². The molecule has 2 heterocycles. The number of aromatic hydroxyl groups is 1. The quantitative estimate of drug-likeness (QED) is 0.555. The highest BCUT2D eigenvalue weighted by Gasteiger charge is 2.38. The van der Waals surface area contributed by atoms with Gasteiger partial charge in [0.15, 0.2) is 11.5 Å². The molecule has 2 aliphatic rings. The number of benzene rings is 1. The molecule has 1 aromatic rings. The number of nitro groups is 1. The molecule has 27 heavy (non-hydrogen) atoms. The monoisotopic (exact) mass is 379 g/mol. The lowest BCUT2D eigenvalue weighted by molar-refractivity contribution is -0.385. The van der Waals surface area contributed by atoms with Crippen molar-refractivity contribution in [1.29, 1.82) is 0 Å². The Morgan fingerprint density at radius 1 is 1.30 bits per heavy atom. The first kappa shape index (κ1) is 19.9. The average molecular weight is 379 g/mol. The lowest BCUT2D eigenvalue weighted by Crippen LogP contribution is -2.59. The van der Waals surface area contributed by atoms with Crippen molar-refractivity contribution in [3.8, 4) is 11.5 Å². The maximum absolute atomic E-state index is 11.3. The molecule has 2 N–H and O–H groups in total. The van der Waals surface area contributed by atoms with Gasteiger partial charge in [-0.25, -0.2) is 0 Å². The molecular formula is C19H29N3O5. The van der Waals surface area contributed by atoms with Gasteiger partial charge in [0.1, 0.15) is 0 Å². The van der Waals surface area contributed by atoms with Crippen molar-refractivity contribution in [2.75, 3.05) is 40.0 Å². The maximum atomic E-state index is 11.3.